The van der Waals surface area contributed by atoms with Crippen LogP contribution in [-0.2, 0) is 23.4 Å². The van der Waals surface area contributed by atoms with Crippen molar-refractivity contribution in [3.63, 3.8) is 0 Å². The van der Waals surface area contributed by atoms with Gasteiger partial charge in [-0.2, -0.15) is 5.26 Å². The number of nitrogens with zero attached hydrogens (tertiary/aromatic N) is 2. The smallest absolute Gasteiger partial charge is 0.166 e. The summed E-state index contributed by atoms with van der Waals surface area (Å²) in [6.07, 6.45) is 1.69. The molecule has 0 amide bonds. The third-order valence-electron chi connectivity index (χ3n) is 4.45. The SMILES string of the molecule is C[C@@H]1CCc2c(cn(C)c2C(O)Nc2ccc(F)c(C#N)c2)S(=N)(=O)N1. The minimum atomic E-state index is -3.15. The number of rotatable bonds is 3. The number of fused-ring (bicyclic) bond motifs is 1. The zero-order valence-electron chi connectivity index (χ0n) is 14.4. The number of aromatic nitrogens is 1. The van der Waals surface area contributed by atoms with Crippen LogP contribution in [0.15, 0.2) is 29.3 Å². The van der Waals surface area contributed by atoms with E-state index in [1.807, 2.05) is 6.92 Å². The van der Waals surface area contributed by atoms with Crippen molar-refractivity contribution < 1.29 is 13.7 Å². The van der Waals surface area contributed by atoms with Crippen LogP contribution in [0.3, 0.4) is 0 Å². The van der Waals surface area contributed by atoms with E-state index in [0.29, 0.717) is 34.7 Å². The fraction of sp³-hybridized carbons (Fsp3) is 0.353. The number of hydrogen-bond donors (Lipinski definition) is 4. The minimum absolute atomic E-state index is 0.0778. The Kier molecular flexibility index (Phi) is 4.75. The highest BCUT2D eigenvalue weighted by molar-refractivity contribution is 7.90. The molecule has 26 heavy (non-hydrogen) atoms. The molecule has 1 aromatic carbocycles. The fourth-order valence-electron chi connectivity index (χ4n) is 3.21. The van der Waals surface area contributed by atoms with E-state index >= 15 is 0 Å². The highest BCUT2D eigenvalue weighted by Crippen LogP contribution is 2.31. The highest BCUT2D eigenvalue weighted by Gasteiger charge is 2.29. The van der Waals surface area contributed by atoms with Gasteiger partial charge in [-0.25, -0.2) is 18.1 Å². The average molecular weight is 377 g/mol. The number of aryl methyl sites for hydroxylation is 1. The predicted octanol–water partition coefficient (Wildman–Crippen LogP) is 2.38. The Hall–Kier alpha value is -2.41. The predicted molar refractivity (Wildman–Crippen MR) is 95.2 cm³/mol. The summed E-state index contributed by atoms with van der Waals surface area (Å²) in [6.45, 7) is 1.87. The normalized spacial score (nSPS) is 23.6. The molecule has 1 aliphatic heterocycles. The summed E-state index contributed by atoms with van der Waals surface area (Å²) in [5, 5.41) is 22.4. The molecule has 0 saturated carbocycles. The van der Waals surface area contributed by atoms with Crippen molar-refractivity contribution >= 4 is 15.6 Å². The maximum absolute atomic E-state index is 13.5. The van der Waals surface area contributed by atoms with Gasteiger partial charge in [0.25, 0.3) is 0 Å². The number of nitriles is 1. The first-order valence-electron chi connectivity index (χ1n) is 8.11. The van der Waals surface area contributed by atoms with Gasteiger partial charge >= 0.3 is 0 Å². The Balaban J connectivity index is 1.98. The Morgan fingerprint density at radius 1 is 1.58 bits per heavy atom. The van der Waals surface area contributed by atoms with E-state index in [-0.39, 0.29) is 11.6 Å². The van der Waals surface area contributed by atoms with Crippen LogP contribution >= 0.6 is 0 Å². The Morgan fingerprint density at radius 2 is 2.31 bits per heavy atom. The third kappa shape index (κ3) is 3.31. The monoisotopic (exact) mass is 377 g/mol. The van der Waals surface area contributed by atoms with Crippen molar-refractivity contribution in [3.05, 3.63) is 47.0 Å². The van der Waals surface area contributed by atoms with Gasteiger partial charge < -0.3 is 15.0 Å². The molecule has 1 aliphatic rings. The van der Waals surface area contributed by atoms with Crippen LogP contribution in [0.5, 0.6) is 0 Å². The maximum Gasteiger partial charge on any atom is 0.166 e. The number of anilines is 1. The number of hydrogen-bond acceptors (Lipinski definition) is 5. The van der Waals surface area contributed by atoms with E-state index in [4.69, 9.17) is 10.0 Å². The lowest BCUT2D eigenvalue weighted by molar-refractivity contribution is 0.198. The van der Waals surface area contributed by atoms with Gasteiger partial charge in [0.2, 0.25) is 0 Å². The van der Waals surface area contributed by atoms with Crippen molar-refractivity contribution in [2.24, 2.45) is 7.05 Å². The summed E-state index contributed by atoms with van der Waals surface area (Å²) in [6, 6.07) is 5.58. The second kappa shape index (κ2) is 6.72. The Bertz CT molecular complexity index is 993. The average Bonchev–Trinajstić information content (AvgIpc) is 2.86. The molecule has 2 heterocycles. The standard InChI is InChI=1S/C17H20FN5O2S/c1-10-3-5-13-15(26(20,25)22-10)9-23(2)16(13)17(24)21-12-4-6-14(18)11(7-12)8-19/h4,6-7,9-10,17,21,24H,3,5H2,1-2H3,(H2,20,22,25)/t10-,17?,26?/m1/s1. The molecule has 0 saturated heterocycles. The number of aliphatic hydroxyl groups excluding tert-OH is 1. The number of halogens is 1. The maximum atomic E-state index is 13.5. The van der Waals surface area contributed by atoms with Gasteiger partial charge in [0.15, 0.2) is 6.23 Å². The van der Waals surface area contributed by atoms with E-state index in [1.165, 1.54) is 12.1 Å². The van der Waals surface area contributed by atoms with Gasteiger partial charge in [-0.15, -0.1) is 0 Å². The fourth-order valence-corrected chi connectivity index (χ4v) is 4.88. The van der Waals surface area contributed by atoms with Crippen LogP contribution in [0.25, 0.3) is 0 Å². The van der Waals surface area contributed by atoms with E-state index < -0.39 is 22.0 Å². The van der Waals surface area contributed by atoms with Crippen molar-refractivity contribution in [2.45, 2.75) is 36.9 Å². The summed E-state index contributed by atoms with van der Waals surface area (Å²) in [5.74, 6) is -0.630. The molecule has 2 aromatic rings. The molecule has 2 unspecified atom stereocenters. The molecule has 0 radical (unpaired) electrons. The van der Waals surface area contributed by atoms with Crippen molar-refractivity contribution in [1.82, 2.24) is 9.29 Å². The number of benzene rings is 1. The molecular formula is C17H20FN5O2S. The summed E-state index contributed by atoms with van der Waals surface area (Å²) in [7, 11) is -1.45. The largest absolute Gasteiger partial charge is 0.368 e. The Labute approximate surface area is 151 Å². The molecule has 3 atom stereocenters. The van der Waals surface area contributed by atoms with Gasteiger partial charge in [-0.05, 0) is 43.5 Å². The minimum Gasteiger partial charge on any atom is -0.368 e. The molecule has 0 fully saturated rings. The topological polar surface area (TPSA) is 114 Å². The quantitative estimate of drug-likeness (QED) is 0.615. The third-order valence-corrected chi connectivity index (χ3v) is 6.16. The molecule has 138 valence electrons. The first-order chi connectivity index (χ1) is 12.2. The van der Waals surface area contributed by atoms with Crippen LogP contribution < -0.4 is 10.0 Å². The first-order valence-corrected chi connectivity index (χ1v) is 9.67. The van der Waals surface area contributed by atoms with Crippen molar-refractivity contribution in [1.29, 1.82) is 10.0 Å². The molecular weight excluding hydrogens is 357 g/mol. The number of aliphatic hydroxyl groups is 1. The van der Waals surface area contributed by atoms with E-state index in [0.717, 1.165) is 6.07 Å². The van der Waals surface area contributed by atoms with Crippen LogP contribution in [0.1, 0.15) is 36.4 Å². The van der Waals surface area contributed by atoms with Crippen molar-refractivity contribution in [2.75, 3.05) is 5.32 Å². The lowest BCUT2D eigenvalue weighted by atomic mass is 10.1. The molecule has 0 bridgehead atoms. The Morgan fingerprint density at radius 3 is 3.00 bits per heavy atom. The van der Waals surface area contributed by atoms with Crippen LogP contribution in [0, 0.1) is 21.9 Å². The second-order valence-electron chi connectivity index (χ2n) is 6.44. The summed E-state index contributed by atoms with van der Waals surface area (Å²) >= 11 is 0. The molecule has 0 spiro atoms. The van der Waals surface area contributed by atoms with E-state index in [2.05, 4.69) is 10.0 Å². The zero-order valence-corrected chi connectivity index (χ0v) is 15.2. The van der Waals surface area contributed by atoms with Gasteiger partial charge in [0, 0.05) is 25.0 Å². The van der Waals surface area contributed by atoms with Gasteiger partial charge in [0.1, 0.15) is 21.8 Å². The van der Waals surface area contributed by atoms with Gasteiger partial charge in [0.05, 0.1) is 16.2 Å². The molecule has 4 N–H and O–H groups in total. The van der Waals surface area contributed by atoms with E-state index in [1.54, 1.807) is 23.9 Å². The van der Waals surface area contributed by atoms with Crippen LogP contribution in [0.4, 0.5) is 10.1 Å². The number of nitrogens with one attached hydrogen (secondary N) is 3. The van der Waals surface area contributed by atoms with Crippen LogP contribution in [-0.4, -0.2) is 19.9 Å². The van der Waals surface area contributed by atoms with Gasteiger partial charge in [-0.1, -0.05) is 0 Å². The van der Waals surface area contributed by atoms with Gasteiger partial charge in [-0.3, -0.25) is 0 Å². The zero-order chi connectivity index (χ0) is 19.1. The molecule has 0 aliphatic carbocycles. The van der Waals surface area contributed by atoms with Crippen molar-refractivity contribution in [3.8, 4) is 6.07 Å². The summed E-state index contributed by atoms with van der Waals surface area (Å²) in [5.41, 5.74) is 1.43. The summed E-state index contributed by atoms with van der Waals surface area (Å²) < 4.78 is 38.8. The molecule has 7 nitrogen and oxygen atoms in total. The van der Waals surface area contributed by atoms with E-state index in [9.17, 15) is 13.7 Å². The molecule has 3 rings (SSSR count). The first kappa shape index (κ1) is 18.4. The lowest BCUT2D eigenvalue weighted by Gasteiger charge is -2.18. The lowest BCUT2D eigenvalue weighted by Crippen LogP contribution is -2.29. The molecule has 1 aromatic heterocycles. The highest BCUT2D eigenvalue weighted by atomic mass is 32.2. The second-order valence-corrected chi connectivity index (χ2v) is 8.22. The molecule has 9 heteroatoms. The van der Waals surface area contributed by atoms with Crippen LogP contribution in [0.2, 0.25) is 0 Å². The summed E-state index contributed by atoms with van der Waals surface area (Å²) in [4.78, 5) is 0.372.